The van der Waals surface area contributed by atoms with Crippen LogP contribution in [0, 0.1) is 25.8 Å². The third-order valence-electron chi connectivity index (χ3n) is 5.11. The maximum Gasteiger partial charge on any atom is 0.127 e. The van der Waals surface area contributed by atoms with Crippen LogP contribution in [-0.4, -0.2) is 18.2 Å². The summed E-state index contributed by atoms with van der Waals surface area (Å²) < 4.78 is 9.66. The molecular weight excluding hydrogens is 437 g/mol. The van der Waals surface area contributed by atoms with E-state index in [2.05, 4.69) is 55.4 Å². The van der Waals surface area contributed by atoms with Gasteiger partial charge < -0.3 is 15.6 Å². The molecule has 8 heteroatoms. The van der Waals surface area contributed by atoms with Crippen molar-refractivity contribution in [2.75, 3.05) is 7.05 Å². The predicted octanol–water partition coefficient (Wildman–Crippen LogP) is 4.70. The Morgan fingerprint density at radius 1 is 0.966 bits per heavy atom. The third kappa shape index (κ3) is 2.93. The molecule has 29 heavy (non-hydrogen) atoms. The van der Waals surface area contributed by atoms with Gasteiger partial charge in [-0.2, -0.15) is 5.26 Å². The number of thiophene rings is 4. The van der Waals surface area contributed by atoms with E-state index in [1.807, 2.05) is 28.7 Å². The molecule has 0 saturated heterocycles. The van der Waals surface area contributed by atoms with E-state index in [9.17, 15) is 0 Å². The summed E-state index contributed by atoms with van der Waals surface area (Å²) in [7, 11) is 2.10. The molecule has 0 spiro atoms. The monoisotopic (exact) mass is 452 g/mol. The lowest BCUT2D eigenvalue weighted by Crippen LogP contribution is -2.21. The summed E-state index contributed by atoms with van der Waals surface area (Å²) in [5.74, 6) is 1.16. The lowest BCUT2D eigenvalue weighted by Gasteiger charge is -2.13. The van der Waals surface area contributed by atoms with Crippen molar-refractivity contribution in [1.82, 2.24) is 10.2 Å². The second-order valence-electron chi connectivity index (χ2n) is 6.81. The molecule has 1 aliphatic heterocycles. The van der Waals surface area contributed by atoms with Gasteiger partial charge in [-0.05, 0) is 38.1 Å². The SMILES string of the molecule is CC1=C(C)N(C)/C(=c2\cc3s/c(=c4\cc5s/c(=C(\C#N)C=N)cc5s4)cc3s2)N1. The fourth-order valence-electron chi connectivity index (χ4n) is 3.32. The van der Waals surface area contributed by atoms with E-state index in [0.29, 0.717) is 5.57 Å². The number of nitrogens with one attached hydrogen (secondary N) is 2. The Kier molecular flexibility index (Phi) is 4.37. The molecule has 0 fully saturated rings. The first kappa shape index (κ1) is 18.6. The number of hydrogen-bond donors (Lipinski definition) is 2. The van der Waals surface area contributed by atoms with Crippen molar-refractivity contribution in [2.45, 2.75) is 13.8 Å². The van der Waals surface area contributed by atoms with Crippen LogP contribution >= 0.6 is 45.3 Å². The van der Waals surface area contributed by atoms with Gasteiger partial charge in [-0.1, -0.05) is 0 Å². The molecule has 4 aromatic heterocycles. The van der Waals surface area contributed by atoms with Gasteiger partial charge in [-0.3, -0.25) is 0 Å². The highest BCUT2D eigenvalue weighted by molar-refractivity contribution is 7.28. The Morgan fingerprint density at radius 2 is 1.52 bits per heavy atom. The maximum atomic E-state index is 9.14. The highest BCUT2D eigenvalue weighted by atomic mass is 32.1. The Morgan fingerprint density at radius 3 is 2.03 bits per heavy atom. The minimum absolute atomic E-state index is 0.423. The molecular formula is C21H16N4S4. The fourth-order valence-corrected chi connectivity index (χ4v) is 8.19. The van der Waals surface area contributed by atoms with Gasteiger partial charge in [-0.25, -0.2) is 0 Å². The molecule has 144 valence electrons. The van der Waals surface area contributed by atoms with Crippen molar-refractivity contribution in [3.8, 4) is 6.07 Å². The number of nitriles is 1. The van der Waals surface area contributed by atoms with Gasteiger partial charge in [0, 0.05) is 57.1 Å². The molecule has 4 aromatic rings. The van der Waals surface area contributed by atoms with Crippen molar-refractivity contribution in [3.63, 3.8) is 0 Å². The fraction of sp³-hybridized carbons (Fsp3) is 0.143. The Labute approximate surface area is 182 Å². The van der Waals surface area contributed by atoms with Gasteiger partial charge in [0.05, 0.1) is 10.1 Å². The van der Waals surface area contributed by atoms with E-state index in [-0.39, 0.29) is 0 Å². The second-order valence-corrected chi connectivity index (χ2v) is 11.1. The lowest BCUT2D eigenvalue weighted by molar-refractivity contribution is 0.601. The van der Waals surface area contributed by atoms with Crippen LogP contribution in [0.4, 0.5) is 0 Å². The zero-order valence-corrected chi connectivity index (χ0v) is 19.2. The van der Waals surface area contributed by atoms with Gasteiger partial charge in [0.2, 0.25) is 0 Å². The number of rotatable bonds is 1. The number of hydrogen-bond acceptors (Lipinski definition) is 8. The average Bonchev–Trinajstić information content (AvgIpc) is 3.46. The van der Waals surface area contributed by atoms with E-state index < -0.39 is 0 Å². The zero-order chi connectivity index (χ0) is 20.3. The van der Waals surface area contributed by atoms with Gasteiger partial charge in [0.1, 0.15) is 11.9 Å². The molecule has 5 rings (SSSR count). The van der Waals surface area contributed by atoms with Gasteiger partial charge in [0.25, 0.3) is 0 Å². The minimum Gasteiger partial charge on any atom is -0.343 e. The van der Waals surface area contributed by atoms with Crippen LogP contribution in [-0.2, 0) is 0 Å². The van der Waals surface area contributed by atoms with Crippen LogP contribution in [0.1, 0.15) is 13.8 Å². The molecule has 1 aliphatic rings. The summed E-state index contributed by atoms with van der Waals surface area (Å²) in [5.41, 5.74) is 2.89. The maximum absolute atomic E-state index is 9.14. The molecule has 0 bridgehead atoms. The molecule has 0 aromatic carbocycles. The molecule has 0 saturated carbocycles. The molecule has 2 N–H and O–H groups in total. The Balaban J connectivity index is 1.65. The first-order chi connectivity index (χ1) is 14.0. The van der Waals surface area contributed by atoms with Crippen LogP contribution < -0.4 is 14.4 Å². The van der Waals surface area contributed by atoms with Gasteiger partial charge in [-0.15, -0.1) is 45.3 Å². The normalized spacial score (nSPS) is 18.5. The van der Waals surface area contributed by atoms with E-state index in [0.717, 1.165) is 16.6 Å². The van der Waals surface area contributed by atoms with Crippen LogP contribution in [0.2, 0.25) is 0 Å². The van der Waals surface area contributed by atoms with Crippen LogP contribution in [0.15, 0.2) is 35.7 Å². The number of nitrogens with zero attached hydrogens (tertiary/aromatic N) is 2. The van der Waals surface area contributed by atoms with E-state index in [1.54, 1.807) is 22.7 Å². The van der Waals surface area contributed by atoms with Crippen molar-refractivity contribution in [2.24, 2.45) is 0 Å². The van der Waals surface area contributed by atoms with Crippen molar-refractivity contribution in [3.05, 3.63) is 53.8 Å². The molecule has 0 aliphatic carbocycles. The van der Waals surface area contributed by atoms with E-state index >= 15 is 0 Å². The Hall–Kier alpha value is -2.44. The van der Waals surface area contributed by atoms with Crippen molar-refractivity contribution >= 4 is 81.8 Å². The number of allylic oxidation sites excluding steroid dienone is 2. The summed E-state index contributed by atoms with van der Waals surface area (Å²) in [5, 5.41) is 20.0. The summed E-state index contributed by atoms with van der Waals surface area (Å²) in [6.45, 7) is 4.25. The third-order valence-corrected chi connectivity index (χ3v) is 9.93. The summed E-state index contributed by atoms with van der Waals surface area (Å²) in [4.78, 5) is 2.22. The zero-order valence-electron chi connectivity index (χ0n) is 15.9. The molecule has 0 atom stereocenters. The molecule has 5 heterocycles. The Bertz CT molecular complexity index is 1530. The van der Waals surface area contributed by atoms with E-state index in [1.165, 1.54) is 43.8 Å². The molecule has 0 unspecified atom stereocenters. The molecule has 0 amide bonds. The summed E-state index contributed by atoms with van der Waals surface area (Å²) in [6.07, 6.45) is 1.13. The second kappa shape index (κ2) is 6.82. The van der Waals surface area contributed by atoms with Crippen LogP contribution in [0.3, 0.4) is 0 Å². The topological polar surface area (TPSA) is 62.9 Å². The molecule has 4 nitrogen and oxygen atoms in total. The largest absolute Gasteiger partial charge is 0.343 e. The van der Waals surface area contributed by atoms with Crippen molar-refractivity contribution in [1.29, 1.82) is 10.7 Å². The van der Waals surface area contributed by atoms with Crippen LogP contribution in [0.5, 0.6) is 0 Å². The first-order valence-electron chi connectivity index (χ1n) is 8.89. The summed E-state index contributed by atoms with van der Waals surface area (Å²) >= 11 is 6.99. The average molecular weight is 453 g/mol. The smallest absolute Gasteiger partial charge is 0.127 e. The first-order valence-corrected chi connectivity index (χ1v) is 12.2. The highest BCUT2D eigenvalue weighted by Crippen LogP contribution is 2.31. The molecule has 0 radical (unpaired) electrons. The van der Waals surface area contributed by atoms with E-state index in [4.69, 9.17) is 10.7 Å². The van der Waals surface area contributed by atoms with Crippen LogP contribution in [0.25, 0.3) is 30.2 Å². The predicted molar refractivity (Wildman–Crippen MR) is 127 cm³/mol. The minimum atomic E-state index is 0.423. The number of fused-ring (bicyclic) bond motifs is 2. The van der Waals surface area contributed by atoms with Gasteiger partial charge in [0.15, 0.2) is 0 Å². The quantitative estimate of drug-likeness (QED) is 0.412. The van der Waals surface area contributed by atoms with Gasteiger partial charge >= 0.3 is 0 Å². The standard InChI is InChI=1S/C21H16N4S4/c1-10-11(2)25(3)21(24-10)20-7-19-18(29-20)6-17(28-19)16-5-15-14(27-16)4-13(26-15)12(8-22)9-23/h4-8,22,24H,1-3H3/b13-12-,17-16+,21-20+,22-8?. The lowest BCUT2D eigenvalue weighted by atomic mass is 10.3. The summed E-state index contributed by atoms with van der Waals surface area (Å²) in [6, 6.07) is 10.9. The highest BCUT2D eigenvalue weighted by Gasteiger charge is 2.19. The van der Waals surface area contributed by atoms with Crippen molar-refractivity contribution < 1.29 is 0 Å².